The SMILES string of the molecule is COc1cc(OC)cc(C(=O)NC(=NCc2ccncc2)Nc2ccccc2OC)c1. The maximum absolute atomic E-state index is 13.0. The Hall–Kier alpha value is -4.07. The summed E-state index contributed by atoms with van der Waals surface area (Å²) < 4.78 is 15.9. The van der Waals surface area contributed by atoms with Crippen LogP contribution in [0.1, 0.15) is 15.9 Å². The number of hydrogen-bond acceptors (Lipinski definition) is 6. The Labute approximate surface area is 180 Å². The van der Waals surface area contributed by atoms with Gasteiger partial charge in [0.1, 0.15) is 17.2 Å². The van der Waals surface area contributed by atoms with E-state index in [1.54, 1.807) is 37.7 Å². The van der Waals surface area contributed by atoms with Crippen LogP contribution in [0.3, 0.4) is 0 Å². The second kappa shape index (κ2) is 10.6. The van der Waals surface area contributed by atoms with E-state index in [4.69, 9.17) is 14.2 Å². The molecule has 8 heteroatoms. The predicted molar refractivity (Wildman–Crippen MR) is 119 cm³/mol. The molecule has 0 saturated carbocycles. The number of aliphatic imine (C=N–C) groups is 1. The van der Waals surface area contributed by atoms with Gasteiger partial charge in [-0.2, -0.15) is 0 Å². The minimum atomic E-state index is -0.368. The van der Waals surface area contributed by atoms with Gasteiger partial charge in [-0.1, -0.05) is 12.1 Å². The molecule has 0 aliphatic carbocycles. The van der Waals surface area contributed by atoms with Gasteiger partial charge in [-0.05, 0) is 42.0 Å². The number of guanidine groups is 1. The Morgan fingerprint density at radius 1 is 0.935 bits per heavy atom. The van der Waals surface area contributed by atoms with Crippen molar-refractivity contribution in [1.29, 1.82) is 0 Å². The molecule has 31 heavy (non-hydrogen) atoms. The fourth-order valence-corrected chi connectivity index (χ4v) is 2.76. The van der Waals surface area contributed by atoms with E-state index >= 15 is 0 Å². The molecule has 8 nitrogen and oxygen atoms in total. The number of hydrogen-bond donors (Lipinski definition) is 2. The molecule has 160 valence electrons. The molecule has 0 fully saturated rings. The van der Waals surface area contributed by atoms with Gasteiger partial charge in [0.25, 0.3) is 5.91 Å². The van der Waals surface area contributed by atoms with Gasteiger partial charge in [-0.15, -0.1) is 0 Å². The number of nitrogens with one attached hydrogen (secondary N) is 2. The molecular formula is C23H24N4O4. The van der Waals surface area contributed by atoms with Crippen molar-refractivity contribution in [3.05, 3.63) is 78.1 Å². The van der Waals surface area contributed by atoms with E-state index in [9.17, 15) is 4.79 Å². The molecule has 1 heterocycles. The van der Waals surface area contributed by atoms with Crippen LogP contribution in [-0.4, -0.2) is 38.2 Å². The fourth-order valence-electron chi connectivity index (χ4n) is 2.76. The number of methoxy groups -OCH3 is 3. The third kappa shape index (κ3) is 5.96. The number of aromatic nitrogens is 1. The van der Waals surface area contributed by atoms with Crippen molar-refractivity contribution in [2.24, 2.45) is 4.99 Å². The summed E-state index contributed by atoms with van der Waals surface area (Å²) in [6.07, 6.45) is 3.39. The molecule has 1 amide bonds. The van der Waals surface area contributed by atoms with Crippen LogP contribution in [0.5, 0.6) is 17.2 Å². The molecule has 2 N–H and O–H groups in total. The van der Waals surface area contributed by atoms with Gasteiger partial charge in [0, 0.05) is 24.0 Å². The van der Waals surface area contributed by atoms with Crippen molar-refractivity contribution in [2.45, 2.75) is 6.54 Å². The summed E-state index contributed by atoms with van der Waals surface area (Å²) in [5.74, 6) is 1.55. The van der Waals surface area contributed by atoms with Crippen LogP contribution in [0.4, 0.5) is 5.69 Å². The molecule has 0 aliphatic rings. The number of anilines is 1. The summed E-state index contributed by atoms with van der Waals surface area (Å²) in [7, 11) is 4.64. The first-order valence-electron chi connectivity index (χ1n) is 9.50. The maximum atomic E-state index is 13.0. The number of para-hydroxylation sites is 2. The first-order chi connectivity index (χ1) is 15.1. The van der Waals surface area contributed by atoms with E-state index in [1.165, 1.54) is 14.2 Å². The number of pyridine rings is 1. The zero-order chi connectivity index (χ0) is 22.1. The van der Waals surface area contributed by atoms with Gasteiger partial charge in [0.05, 0.1) is 33.6 Å². The van der Waals surface area contributed by atoms with Crippen molar-refractivity contribution >= 4 is 17.6 Å². The predicted octanol–water partition coefficient (Wildman–Crippen LogP) is 3.51. The lowest BCUT2D eigenvalue weighted by Crippen LogP contribution is -2.36. The third-order valence-electron chi connectivity index (χ3n) is 4.37. The van der Waals surface area contributed by atoms with Crippen molar-refractivity contribution in [3.8, 4) is 17.2 Å². The molecule has 0 bridgehead atoms. The number of carbonyl (C=O) groups excluding carboxylic acids is 1. The Morgan fingerprint density at radius 2 is 1.61 bits per heavy atom. The fraction of sp³-hybridized carbons (Fsp3) is 0.174. The molecular weight excluding hydrogens is 396 g/mol. The van der Waals surface area contributed by atoms with E-state index in [0.717, 1.165) is 5.56 Å². The molecule has 2 aromatic carbocycles. The van der Waals surface area contributed by atoms with Crippen LogP contribution in [-0.2, 0) is 6.54 Å². The lowest BCUT2D eigenvalue weighted by Gasteiger charge is -2.15. The zero-order valence-electron chi connectivity index (χ0n) is 17.6. The lowest BCUT2D eigenvalue weighted by atomic mass is 10.2. The third-order valence-corrected chi connectivity index (χ3v) is 4.37. The molecule has 1 aromatic heterocycles. The highest BCUT2D eigenvalue weighted by atomic mass is 16.5. The molecule has 3 aromatic rings. The van der Waals surface area contributed by atoms with Gasteiger partial charge in [0.15, 0.2) is 0 Å². The van der Waals surface area contributed by atoms with E-state index in [2.05, 4.69) is 20.6 Å². The van der Waals surface area contributed by atoms with Gasteiger partial charge >= 0.3 is 0 Å². The highest BCUT2D eigenvalue weighted by molar-refractivity contribution is 6.10. The van der Waals surface area contributed by atoms with Crippen molar-refractivity contribution in [3.63, 3.8) is 0 Å². The summed E-state index contributed by atoms with van der Waals surface area (Å²) in [6.45, 7) is 0.349. The molecule has 0 atom stereocenters. The second-order valence-electron chi connectivity index (χ2n) is 6.40. The number of nitrogens with zero attached hydrogens (tertiary/aromatic N) is 2. The van der Waals surface area contributed by atoms with E-state index in [1.807, 2.05) is 36.4 Å². The minimum absolute atomic E-state index is 0.271. The van der Waals surface area contributed by atoms with Gasteiger partial charge in [-0.25, -0.2) is 4.99 Å². The summed E-state index contributed by atoms with van der Waals surface area (Å²) >= 11 is 0. The van der Waals surface area contributed by atoms with Crippen molar-refractivity contribution in [1.82, 2.24) is 10.3 Å². The monoisotopic (exact) mass is 420 g/mol. The second-order valence-corrected chi connectivity index (χ2v) is 6.40. The number of benzene rings is 2. The van der Waals surface area contributed by atoms with Gasteiger partial charge < -0.3 is 19.5 Å². The maximum Gasteiger partial charge on any atom is 0.258 e. The zero-order valence-corrected chi connectivity index (χ0v) is 17.6. The Morgan fingerprint density at radius 3 is 2.26 bits per heavy atom. The highest BCUT2D eigenvalue weighted by Crippen LogP contribution is 2.24. The summed E-state index contributed by atoms with van der Waals surface area (Å²) in [5.41, 5.74) is 1.99. The lowest BCUT2D eigenvalue weighted by molar-refractivity contribution is 0.0976. The van der Waals surface area contributed by atoms with Crippen LogP contribution in [0.15, 0.2) is 72.0 Å². The largest absolute Gasteiger partial charge is 0.497 e. The summed E-state index contributed by atoms with van der Waals surface area (Å²) in [6, 6.07) is 16.0. The van der Waals surface area contributed by atoms with E-state index in [0.29, 0.717) is 35.0 Å². The molecule has 0 spiro atoms. The molecule has 0 unspecified atom stereocenters. The van der Waals surface area contributed by atoms with Crippen molar-refractivity contribution < 1.29 is 19.0 Å². The van der Waals surface area contributed by atoms with E-state index in [-0.39, 0.29) is 11.9 Å². The van der Waals surface area contributed by atoms with Gasteiger partial charge in [0.2, 0.25) is 5.96 Å². The van der Waals surface area contributed by atoms with Crippen LogP contribution in [0.25, 0.3) is 0 Å². The standard InChI is InChI=1S/C23H24N4O4/c1-29-18-12-17(13-19(14-18)30-2)22(28)27-23(25-15-16-8-10-24-11-9-16)26-20-6-4-5-7-21(20)31-3/h4-14H,15H2,1-3H3,(H2,25,26,27,28). The average molecular weight is 420 g/mol. The van der Waals surface area contributed by atoms with Crippen LogP contribution in [0.2, 0.25) is 0 Å². The topological polar surface area (TPSA) is 94.1 Å². The average Bonchev–Trinajstić information content (AvgIpc) is 2.83. The number of ether oxygens (including phenoxy) is 3. The highest BCUT2D eigenvalue weighted by Gasteiger charge is 2.14. The molecule has 3 rings (SSSR count). The summed E-state index contributed by atoms with van der Waals surface area (Å²) in [4.78, 5) is 21.5. The Kier molecular flexibility index (Phi) is 7.42. The minimum Gasteiger partial charge on any atom is -0.497 e. The molecule has 0 aliphatic heterocycles. The molecule has 0 saturated heterocycles. The first kappa shape index (κ1) is 21.6. The van der Waals surface area contributed by atoms with Crippen LogP contribution >= 0.6 is 0 Å². The molecule has 0 radical (unpaired) electrons. The van der Waals surface area contributed by atoms with Crippen LogP contribution in [0, 0.1) is 0 Å². The van der Waals surface area contributed by atoms with E-state index < -0.39 is 0 Å². The smallest absolute Gasteiger partial charge is 0.258 e. The Balaban J connectivity index is 1.87. The van der Waals surface area contributed by atoms with Crippen LogP contribution < -0.4 is 24.8 Å². The number of carbonyl (C=O) groups is 1. The number of amides is 1. The Bertz CT molecular complexity index is 1030. The van der Waals surface area contributed by atoms with Crippen molar-refractivity contribution in [2.75, 3.05) is 26.6 Å². The normalized spacial score (nSPS) is 10.9. The first-order valence-corrected chi connectivity index (χ1v) is 9.50. The number of rotatable bonds is 7. The van der Waals surface area contributed by atoms with Gasteiger partial charge in [-0.3, -0.25) is 15.1 Å². The summed E-state index contributed by atoms with van der Waals surface area (Å²) in [5, 5.41) is 5.97. The quantitative estimate of drug-likeness (QED) is 0.449.